The normalized spacial score (nSPS) is 18.7. The molecule has 18 heavy (non-hydrogen) atoms. The number of hydrogen-bond acceptors (Lipinski definition) is 5. The molecule has 0 spiro atoms. The minimum atomic E-state index is -0.570. The zero-order valence-electron chi connectivity index (χ0n) is 10.1. The van der Waals surface area contributed by atoms with Crippen molar-refractivity contribution in [2.75, 3.05) is 20.3 Å². The molecule has 1 amide bonds. The van der Waals surface area contributed by atoms with Gasteiger partial charge in [-0.25, -0.2) is 10.2 Å². The Bertz CT molecular complexity index is 433. The van der Waals surface area contributed by atoms with Crippen LogP contribution in [-0.4, -0.2) is 32.3 Å². The Morgan fingerprint density at radius 3 is 2.94 bits per heavy atom. The van der Waals surface area contributed by atoms with Crippen LogP contribution in [0.25, 0.3) is 0 Å². The molecule has 0 radical (unpaired) electrons. The molecule has 0 aromatic heterocycles. The number of hydrogen-bond donors (Lipinski definition) is 2. The molecule has 0 aliphatic carbocycles. The predicted octanol–water partition coefficient (Wildman–Crippen LogP) is 1.02. The summed E-state index contributed by atoms with van der Waals surface area (Å²) >= 11 is 0. The largest absolute Gasteiger partial charge is 0.452 e. The van der Waals surface area contributed by atoms with E-state index in [9.17, 15) is 4.79 Å². The number of amides is 1. The number of carbonyl (C=O) groups is 1. The maximum Gasteiger partial charge on any atom is 0.425 e. The quantitative estimate of drug-likeness (QED) is 0.729. The van der Waals surface area contributed by atoms with E-state index in [1.54, 1.807) is 0 Å². The number of amidine groups is 1. The second-order valence-electron chi connectivity index (χ2n) is 3.76. The molecule has 6 nitrogen and oxygen atoms in total. The monoisotopic (exact) mass is 249 g/mol. The van der Waals surface area contributed by atoms with Crippen molar-refractivity contribution in [1.29, 1.82) is 0 Å². The highest BCUT2D eigenvalue weighted by molar-refractivity contribution is 5.85. The molecule has 1 heterocycles. The van der Waals surface area contributed by atoms with E-state index in [0.29, 0.717) is 19.0 Å². The number of ether oxygens (including phenoxy) is 2. The maximum absolute atomic E-state index is 10.9. The number of benzene rings is 1. The number of methoxy groups -OCH3 is 1. The fourth-order valence-corrected chi connectivity index (χ4v) is 1.62. The number of aliphatic imine (C=N–C) groups is 1. The minimum absolute atomic E-state index is 0.0538. The highest BCUT2D eigenvalue weighted by Gasteiger charge is 2.17. The Labute approximate surface area is 105 Å². The molecule has 1 atom stereocenters. The summed E-state index contributed by atoms with van der Waals surface area (Å²) < 4.78 is 9.87. The van der Waals surface area contributed by atoms with Gasteiger partial charge >= 0.3 is 6.09 Å². The predicted molar refractivity (Wildman–Crippen MR) is 66.1 cm³/mol. The van der Waals surface area contributed by atoms with E-state index >= 15 is 0 Å². The van der Waals surface area contributed by atoms with Gasteiger partial charge in [0.2, 0.25) is 0 Å². The van der Waals surface area contributed by atoms with Crippen LogP contribution in [0, 0.1) is 0 Å². The molecule has 96 valence electrons. The minimum Gasteiger partial charge on any atom is -0.452 e. The third-order valence-corrected chi connectivity index (χ3v) is 2.50. The number of nitrogens with zero attached hydrogens (tertiary/aromatic N) is 1. The van der Waals surface area contributed by atoms with Crippen LogP contribution in [0.4, 0.5) is 4.79 Å². The van der Waals surface area contributed by atoms with Crippen molar-refractivity contribution in [3.63, 3.8) is 0 Å². The summed E-state index contributed by atoms with van der Waals surface area (Å²) in [4.78, 5) is 15.4. The summed E-state index contributed by atoms with van der Waals surface area (Å²) in [6.07, 6.45) is -0.570. The lowest BCUT2D eigenvalue weighted by Gasteiger charge is -2.21. The van der Waals surface area contributed by atoms with Gasteiger partial charge in [-0.15, -0.1) is 0 Å². The Morgan fingerprint density at radius 1 is 1.44 bits per heavy atom. The number of nitrogens with one attached hydrogen (secondary N) is 2. The van der Waals surface area contributed by atoms with Gasteiger partial charge < -0.3 is 9.47 Å². The lowest BCUT2D eigenvalue weighted by atomic mass is 10.1. The van der Waals surface area contributed by atoms with Crippen molar-refractivity contribution in [2.24, 2.45) is 4.99 Å². The van der Waals surface area contributed by atoms with Crippen LogP contribution >= 0.6 is 0 Å². The van der Waals surface area contributed by atoms with Gasteiger partial charge in [0.25, 0.3) is 0 Å². The fourth-order valence-electron chi connectivity index (χ4n) is 1.62. The average Bonchev–Trinajstić information content (AvgIpc) is 2.46. The lowest BCUT2D eigenvalue weighted by molar-refractivity contribution is 0.139. The van der Waals surface area contributed by atoms with Crippen molar-refractivity contribution < 1.29 is 14.3 Å². The van der Waals surface area contributed by atoms with Crippen LogP contribution < -0.4 is 10.9 Å². The summed E-state index contributed by atoms with van der Waals surface area (Å²) in [5.74, 6) is 0.570. The zero-order valence-corrected chi connectivity index (χ0v) is 10.1. The maximum atomic E-state index is 10.9. The molecule has 2 rings (SSSR count). The van der Waals surface area contributed by atoms with E-state index in [2.05, 4.69) is 20.6 Å². The number of hydrazine groups is 1. The number of rotatable bonds is 1. The number of carbonyl (C=O) groups excluding carboxylic acids is 1. The summed E-state index contributed by atoms with van der Waals surface area (Å²) in [6, 6.07) is 9.80. The van der Waals surface area contributed by atoms with E-state index in [0.717, 1.165) is 5.56 Å². The van der Waals surface area contributed by atoms with Gasteiger partial charge in [-0.05, 0) is 5.56 Å². The van der Waals surface area contributed by atoms with Crippen molar-refractivity contribution in [2.45, 2.75) is 6.04 Å². The molecule has 0 fully saturated rings. The molecule has 0 bridgehead atoms. The van der Waals surface area contributed by atoms with Gasteiger partial charge in [0.15, 0.2) is 0 Å². The lowest BCUT2D eigenvalue weighted by Crippen LogP contribution is -2.45. The van der Waals surface area contributed by atoms with Gasteiger partial charge in [-0.3, -0.25) is 10.4 Å². The van der Waals surface area contributed by atoms with E-state index in [4.69, 9.17) is 4.74 Å². The summed E-state index contributed by atoms with van der Waals surface area (Å²) in [7, 11) is 1.29. The Kier molecular flexibility index (Phi) is 4.14. The second kappa shape index (κ2) is 6.02. The van der Waals surface area contributed by atoms with Gasteiger partial charge in [-0.1, -0.05) is 30.3 Å². The summed E-state index contributed by atoms with van der Waals surface area (Å²) in [5, 5.41) is 0. The molecule has 1 aromatic carbocycles. The Morgan fingerprint density at radius 2 is 2.22 bits per heavy atom. The molecule has 6 heteroatoms. The van der Waals surface area contributed by atoms with E-state index in [1.807, 2.05) is 30.3 Å². The molecular weight excluding hydrogens is 234 g/mol. The Balaban J connectivity index is 2.00. The zero-order chi connectivity index (χ0) is 12.8. The molecule has 1 aliphatic heterocycles. The third-order valence-electron chi connectivity index (χ3n) is 2.50. The first kappa shape index (κ1) is 12.4. The first-order chi connectivity index (χ1) is 8.79. The third kappa shape index (κ3) is 3.21. The summed E-state index contributed by atoms with van der Waals surface area (Å²) in [6.45, 7) is 0.876. The van der Waals surface area contributed by atoms with Crippen molar-refractivity contribution in [3.05, 3.63) is 35.9 Å². The first-order valence-corrected chi connectivity index (χ1v) is 5.59. The molecule has 1 aliphatic rings. The van der Waals surface area contributed by atoms with Crippen LogP contribution in [0.3, 0.4) is 0 Å². The molecule has 1 unspecified atom stereocenters. The molecular formula is C12H15N3O3. The SMILES string of the molecule is COC(=O)NNC1=NC(c2ccccc2)COC1. The molecule has 1 aromatic rings. The fraction of sp³-hybridized carbons (Fsp3) is 0.333. The van der Waals surface area contributed by atoms with Gasteiger partial charge in [0.1, 0.15) is 18.5 Å². The van der Waals surface area contributed by atoms with Crippen LogP contribution in [0.1, 0.15) is 11.6 Å². The van der Waals surface area contributed by atoms with E-state index < -0.39 is 6.09 Å². The standard InChI is InChI=1S/C12H15N3O3/c1-17-12(16)15-14-11-8-18-7-10(13-11)9-5-3-2-4-6-9/h2-6,10H,7-8H2,1H3,(H,13,14)(H,15,16). The smallest absolute Gasteiger partial charge is 0.425 e. The van der Waals surface area contributed by atoms with Crippen molar-refractivity contribution >= 4 is 11.9 Å². The van der Waals surface area contributed by atoms with Crippen molar-refractivity contribution in [3.8, 4) is 0 Å². The van der Waals surface area contributed by atoms with Crippen LogP contribution in [0.2, 0.25) is 0 Å². The Hall–Kier alpha value is -2.08. The van der Waals surface area contributed by atoms with Crippen LogP contribution in [0.15, 0.2) is 35.3 Å². The second-order valence-corrected chi connectivity index (χ2v) is 3.76. The van der Waals surface area contributed by atoms with E-state index in [1.165, 1.54) is 7.11 Å². The van der Waals surface area contributed by atoms with Gasteiger partial charge in [-0.2, -0.15) is 0 Å². The van der Waals surface area contributed by atoms with Gasteiger partial charge in [0, 0.05) is 0 Å². The van der Waals surface area contributed by atoms with Crippen LogP contribution in [0.5, 0.6) is 0 Å². The molecule has 2 N–H and O–H groups in total. The van der Waals surface area contributed by atoms with Gasteiger partial charge in [0.05, 0.1) is 13.7 Å². The first-order valence-electron chi connectivity index (χ1n) is 5.59. The molecule has 0 saturated carbocycles. The van der Waals surface area contributed by atoms with Crippen LogP contribution in [-0.2, 0) is 9.47 Å². The van der Waals surface area contributed by atoms with E-state index in [-0.39, 0.29) is 6.04 Å². The summed E-state index contributed by atoms with van der Waals surface area (Å²) in [5.41, 5.74) is 6.10. The topological polar surface area (TPSA) is 72.0 Å². The molecule has 0 saturated heterocycles. The highest BCUT2D eigenvalue weighted by atomic mass is 16.5. The van der Waals surface area contributed by atoms with Crippen molar-refractivity contribution in [1.82, 2.24) is 10.9 Å². The average molecular weight is 249 g/mol. The highest BCUT2D eigenvalue weighted by Crippen LogP contribution is 2.19.